The van der Waals surface area contributed by atoms with Gasteiger partial charge in [-0.25, -0.2) is 23.5 Å². The lowest BCUT2D eigenvalue weighted by Gasteiger charge is -2.16. The average Bonchev–Trinajstić information content (AvgIpc) is 2.50. The highest BCUT2D eigenvalue weighted by molar-refractivity contribution is 6.07. The summed E-state index contributed by atoms with van der Waals surface area (Å²) in [7, 11) is 1.97. The highest BCUT2D eigenvalue weighted by Gasteiger charge is 2.41. The molecule has 124 valence electrons. The minimum atomic E-state index is -5.13. The second-order valence-corrected chi connectivity index (χ2v) is 4.25. The van der Waals surface area contributed by atoms with E-state index in [-0.39, 0.29) is 5.88 Å². The maximum atomic E-state index is 13.2. The summed E-state index contributed by atoms with van der Waals surface area (Å²) < 4.78 is 74.9. The van der Waals surface area contributed by atoms with E-state index in [9.17, 15) is 26.7 Å². The van der Waals surface area contributed by atoms with E-state index in [1.165, 1.54) is 0 Å². The number of pyridine rings is 2. The van der Waals surface area contributed by atoms with Crippen molar-refractivity contribution in [3.05, 3.63) is 29.2 Å². The van der Waals surface area contributed by atoms with Crippen molar-refractivity contribution in [2.24, 2.45) is 0 Å². The number of rotatable bonds is 3. The van der Waals surface area contributed by atoms with Gasteiger partial charge in [0, 0.05) is 11.6 Å². The molecule has 0 atom stereocenters. The summed E-state index contributed by atoms with van der Waals surface area (Å²) in [5, 5.41) is -0.903. The average molecular weight is 336 g/mol. The molecule has 0 bridgehead atoms. The van der Waals surface area contributed by atoms with Gasteiger partial charge in [-0.15, -0.1) is 0 Å². The van der Waals surface area contributed by atoms with E-state index < -0.39 is 46.3 Å². The third kappa shape index (κ3) is 2.88. The van der Waals surface area contributed by atoms with Crippen LogP contribution < -0.4 is 4.74 Å². The van der Waals surface area contributed by atoms with E-state index >= 15 is 0 Å². The van der Waals surface area contributed by atoms with Gasteiger partial charge < -0.3 is 9.47 Å². The number of ether oxygens (including phenoxy) is 2. The monoisotopic (exact) mass is 336 g/mol. The van der Waals surface area contributed by atoms with Gasteiger partial charge in [0.2, 0.25) is 5.88 Å². The number of carbonyl (C=O) groups excluding carboxylic acids is 1. The van der Waals surface area contributed by atoms with Crippen LogP contribution in [0, 0.1) is 0 Å². The van der Waals surface area contributed by atoms with Gasteiger partial charge in [-0.3, -0.25) is 0 Å². The topological polar surface area (TPSA) is 61.3 Å². The van der Waals surface area contributed by atoms with Crippen LogP contribution in [0.4, 0.5) is 22.0 Å². The third-order valence-electron chi connectivity index (χ3n) is 2.97. The van der Waals surface area contributed by atoms with Crippen molar-refractivity contribution in [3.8, 4) is 5.88 Å². The van der Waals surface area contributed by atoms with Gasteiger partial charge in [-0.05, 0) is 6.07 Å². The number of alkyl halides is 5. The number of hydrogen-bond acceptors (Lipinski definition) is 5. The van der Waals surface area contributed by atoms with Crippen LogP contribution in [-0.2, 0) is 10.9 Å². The molecule has 10 heteroatoms. The summed E-state index contributed by atoms with van der Waals surface area (Å²) in [5.74, 6) is -1.73. The lowest BCUT2D eigenvalue weighted by atomic mass is 10.0. The maximum absolute atomic E-state index is 13.2. The number of esters is 1. The number of aromatic nitrogens is 2. The smallest absolute Gasteiger partial charge is 0.434 e. The molecule has 0 aromatic carbocycles. The Morgan fingerprint density at radius 2 is 1.91 bits per heavy atom. The maximum Gasteiger partial charge on any atom is 0.434 e. The zero-order chi connectivity index (χ0) is 17.4. The van der Waals surface area contributed by atoms with Gasteiger partial charge in [0.05, 0.1) is 25.2 Å². The van der Waals surface area contributed by atoms with Crippen molar-refractivity contribution in [3.63, 3.8) is 0 Å². The minimum absolute atomic E-state index is 0.371. The van der Waals surface area contributed by atoms with Crippen LogP contribution >= 0.6 is 0 Å². The first-order valence-corrected chi connectivity index (χ1v) is 6.02. The molecule has 0 fully saturated rings. The van der Waals surface area contributed by atoms with Crippen LogP contribution in [0.5, 0.6) is 5.88 Å². The molecule has 5 nitrogen and oxygen atoms in total. The van der Waals surface area contributed by atoms with Gasteiger partial charge >= 0.3 is 12.1 Å². The Hall–Kier alpha value is -2.52. The van der Waals surface area contributed by atoms with Gasteiger partial charge in [0.1, 0.15) is 5.69 Å². The Labute approximate surface area is 126 Å². The van der Waals surface area contributed by atoms with E-state index in [1.54, 1.807) is 0 Å². The molecular formula is C13H9F5N2O3. The molecule has 0 radical (unpaired) electrons. The molecule has 2 heterocycles. The Morgan fingerprint density at radius 3 is 2.39 bits per heavy atom. The Balaban J connectivity index is 3.05. The molecule has 0 aliphatic carbocycles. The van der Waals surface area contributed by atoms with Gasteiger partial charge in [0.25, 0.3) is 6.43 Å². The number of hydrogen-bond donors (Lipinski definition) is 0. The molecule has 0 unspecified atom stereocenters. The first-order chi connectivity index (χ1) is 10.7. The quantitative estimate of drug-likeness (QED) is 0.635. The lowest BCUT2D eigenvalue weighted by molar-refractivity contribution is -0.141. The number of methoxy groups -OCH3 is 2. The first kappa shape index (κ1) is 16.8. The van der Waals surface area contributed by atoms with Crippen LogP contribution in [0.25, 0.3) is 10.8 Å². The second-order valence-electron chi connectivity index (χ2n) is 4.25. The summed E-state index contributed by atoms with van der Waals surface area (Å²) in [4.78, 5) is 18.4. The number of nitrogens with zero attached hydrogens (tertiary/aromatic N) is 2. The van der Waals surface area contributed by atoms with E-state index in [0.717, 1.165) is 26.5 Å². The Kier molecular flexibility index (Phi) is 4.35. The lowest BCUT2D eigenvalue weighted by Crippen LogP contribution is -2.19. The molecular weight excluding hydrogens is 327 g/mol. The second kappa shape index (κ2) is 5.94. The Morgan fingerprint density at radius 1 is 1.26 bits per heavy atom. The highest BCUT2D eigenvalue weighted by atomic mass is 19.4. The van der Waals surface area contributed by atoms with Crippen molar-refractivity contribution in [1.29, 1.82) is 0 Å². The first-order valence-electron chi connectivity index (χ1n) is 6.02. The van der Waals surface area contributed by atoms with Crippen LogP contribution in [0.2, 0.25) is 0 Å². The van der Waals surface area contributed by atoms with E-state index in [1.807, 2.05) is 0 Å². The Bertz CT molecular complexity index is 761. The number of fused-ring (bicyclic) bond motifs is 1. The van der Waals surface area contributed by atoms with Crippen LogP contribution in [0.15, 0.2) is 12.3 Å². The normalized spacial score (nSPS) is 11.8. The van der Waals surface area contributed by atoms with Crippen molar-refractivity contribution < 1.29 is 36.2 Å². The third-order valence-corrected chi connectivity index (χ3v) is 2.97. The zero-order valence-corrected chi connectivity index (χ0v) is 11.7. The predicted molar refractivity (Wildman–Crippen MR) is 67.4 cm³/mol. The van der Waals surface area contributed by atoms with Crippen LogP contribution in [0.3, 0.4) is 0 Å². The summed E-state index contributed by atoms with van der Waals surface area (Å²) in [6, 6.07) is 0.993. The van der Waals surface area contributed by atoms with Gasteiger partial charge in [0.15, 0.2) is 5.69 Å². The molecule has 23 heavy (non-hydrogen) atoms. The molecule has 0 saturated heterocycles. The zero-order valence-electron chi connectivity index (χ0n) is 11.7. The van der Waals surface area contributed by atoms with Crippen LogP contribution in [-0.4, -0.2) is 30.2 Å². The molecule has 0 aliphatic rings. The number of halogens is 5. The molecule has 2 aromatic heterocycles. The predicted octanol–water partition coefficient (Wildman–Crippen LogP) is 3.38. The van der Waals surface area contributed by atoms with Gasteiger partial charge in [-0.2, -0.15) is 13.2 Å². The van der Waals surface area contributed by atoms with E-state index in [0.29, 0.717) is 0 Å². The SMILES string of the molecule is COC(=O)c1c(C(F)(F)F)nc(C(F)F)c2c(OC)nccc12. The summed E-state index contributed by atoms with van der Waals surface area (Å²) in [6.07, 6.45) is -7.43. The van der Waals surface area contributed by atoms with Crippen LogP contribution in [0.1, 0.15) is 28.2 Å². The fraction of sp³-hybridized carbons (Fsp3) is 0.308. The van der Waals surface area contributed by atoms with Crippen molar-refractivity contribution in [2.75, 3.05) is 14.2 Å². The molecule has 0 saturated carbocycles. The van der Waals surface area contributed by atoms with E-state index in [2.05, 4.69) is 14.7 Å². The highest BCUT2D eigenvalue weighted by Crippen LogP contribution is 2.40. The van der Waals surface area contributed by atoms with Crippen molar-refractivity contribution in [2.45, 2.75) is 12.6 Å². The summed E-state index contributed by atoms with van der Waals surface area (Å²) >= 11 is 0. The summed E-state index contributed by atoms with van der Waals surface area (Å²) in [6.45, 7) is 0. The standard InChI is InChI=1S/C13H9F5N2O3/c1-22-11-6-5(3-4-19-11)7(12(21)23-2)9(13(16,17)18)20-8(6)10(14)15/h3-4,10H,1-2H3. The molecule has 2 aromatic rings. The van der Waals surface area contributed by atoms with E-state index in [4.69, 9.17) is 4.74 Å². The van der Waals surface area contributed by atoms with Crippen molar-refractivity contribution >= 4 is 16.7 Å². The fourth-order valence-electron chi connectivity index (χ4n) is 2.08. The number of carbonyl (C=O) groups is 1. The van der Waals surface area contributed by atoms with Gasteiger partial charge in [-0.1, -0.05) is 0 Å². The summed E-state index contributed by atoms with van der Waals surface area (Å²) in [5.41, 5.74) is -3.90. The molecule has 0 spiro atoms. The molecule has 0 aliphatic heterocycles. The molecule has 0 N–H and O–H groups in total. The molecule has 0 amide bonds. The molecule has 2 rings (SSSR count). The largest absolute Gasteiger partial charge is 0.480 e. The van der Waals surface area contributed by atoms with Crippen molar-refractivity contribution in [1.82, 2.24) is 9.97 Å². The fourth-order valence-corrected chi connectivity index (χ4v) is 2.08. The minimum Gasteiger partial charge on any atom is -0.480 e.